The van der Waals surface area contributed by atoms with Gasteiger partial charge in [-0.25, -0.2) is 0 Å². The average Bonchev–Trinajstić information content (AvgIpc) is 2.72. The quantitative estimate of drug-likeness (QED) is 0.304. The van der Waals surface area contributed by atoms with Crippen LogP contribution in [0.2, 0.25) is 0 Å². The van der Waals surface area contributed by atoms with Gasteiger partial charge in [0.2, 0.25) is 0 Å². The maximum Gasteiger partial charge on any atom is 0 e. The van der Waals surface area contributed by atoms with Crippen molar-refractivity contribution >= 4 is 23.8 Å². The van der Waals surface area contributed by atoms with E-state index in [1.807, 2.05) is 36.4 Å². The molecule has 0 nitrogen and oxygen atoms in total. The maximum atomic E-state index is 2.23. The fourth-order valence-electron chi connectivity index (χ4n) is 2.56. The molecule has 0 saturated carbocycles. The van der Waals surface area contributed by atoms with Crippen molar-refractivity contribution in [2.24, 2.45) is 0 Å². The van der Waals surface area contributed by atoms with Gasteiger partial charge in [-0.2, -0.15) is 0 Å². The summed E-state index contributed by atoms with van der Waals surface area (Å²) < 4.78 is 0. The van der Waals surface area contributed by atoms with Crippen LogP contribution >= 0.6 is 7.92 Å². The van der Waals surface area contributed by atoms with Crippen LogP contribution in [0.4, 0.5) is 0 Å². The molecule has 4 aromatic rings. The van der Waals surface area contributed by atoms with Crippen LogP contribution in [0.5, 0.6) is 0 Å². The number of benzene rings is 4. The second-order valence-electron chi connectivity index (χ2n) is 5.50. The number of rotatable bonds is 3. The monoisotopic (exact) mass is 443 g/mol. The molecular weight excluding hydrogens is 422 g/mol. The summed E-state index contributed by atoms with van der Waals surface area (Å²) in [5.41, 5.74) is 0. The zero-order valence-electron chi connectivity index (χ0n) is 14.4. The van der Waals surface area contributed by atoms with Crippen molar-refractivity contribution in [1.29, 1.82) is 0 Å². The van der Waals surface area contributed by atoms with Crippen molar-refractivity contribution in [2.45, 2.75) is 0 Å². The topological polar surface area (TPSA) is 0 Å². The molecule has 0 bridgehead atoms. The minimum Gasteiger partial charge on any atom is -0.0623 e. The molecule has 0 aromatic heterocycles. The summed E-state index contributed by atoms with van der Waals surface area (Å²) in [7, 11) is -0.446. The largest absolute Gasteiger partial charge is 0.0623 e. The molecule has 4 aromatic carbocycles. The molecule has 0 fully saturated rings. The molecule has 0 saturated heterocycles. The zero-order valence-corrected chi connectivity index (χ0v) is 16.9. The molecule has 131 valence electrons. The van der Waals surface area contributed by atoms with Crippen LogP contribution in [0.1, 0.15) is 0 Å². The first kappa shape index (κ1) is 20.2. The third-order valence-corrected chi connectivity index (χ3v) is 6.15. The van der Waals surface area contributed by atoms with E-state index in [4.69, 9.17) is 0 Å². The first-order valence-corrected chi connectivity index (χ1v) is 9.74. The summed E-state index contributed by atoms with van der Waals surface area (Å²) in [6, 6.07) is 44.3. The standard InChI is InChI=1S/C18H15P.C6H6.Rh/c1-4-10-16(11-5-1)19(17-12-6-2-7-13-17)18-14-8-3-9-15-18;1-2-4-6-5-3-1;/h1-15H;1-6H;. The SMILES string of the molecule is [Rh].c1ccc(P(c2ccccc2)c2ccccc2)cc1.c1ccccc1. The number of hydrogen-bond donors (Lipinski definition) is 0. The predicted molar refractivity (Wildman–Crippen MR) is 112 cm³/mol. The molecule has 1 radical (unpaired) electrons. The van der Waals surface area contributed by atoms with Crippen molar-refractivity contribution in [3.63, 3.8) is 0 Å². The Hall–Kier alpha value is -2.07. The third kappa shape index (κ3) is 6.03. The summed E-state index contributed by atoms with van der Waals surface area (Å²) in [4.78, 5) is 0. The smallest absolute Gasteiger partial charge is 0 e. The van der Waals surface area contributed by atoms with Crippen LogP contribution in [0, 0.1) is 0 Å². The van der Waals surface area contributed by atoms with Crippen molar-refractivity contribution < 1.29 is 19.5 Å². The van der Waals surface area contributed by atoms with Gasteiger partial charge >= 0.3 is 0 Å². The Morgan fingerprint density at radius 3 is 0.731 bits per heavy atom. The molecule has 0 heterocycles. The van der Waals surface area contributed by atoms with Gasteiger partial charge in [-0.1, -0.05) is 127 Å². The van der Waals surface area contributed by atoms with E-state index in [1.165, 1.54) is 15.9 Å². The molecule has 0 unspecified atom stereocenters. The van der Waals surface area contributed by atoms with Gasteiger partial charge < -0.3 is 0 Å². The minimum absolute atomic E-state index is 0. The van der Waals surface area contributed by atoms with Gasteiger partial charge in [0, 0.05) is 19.5 Å². The molecular formula is C24H21PRh. The molecule has 0 aliphatic rings. The summed E-state index contributed by atoms with van der Waals surface area (Å²) in [5.74, 6) is 0. The van der Waals surface area contributed by atoms with Crippen molar-refractivity contribution in [2.75, 3.05) is 0 Å². The summed E-state index contributed by atoms with van der Waals surface area (Å²) in [5, 5.41) is 4.19. The molecule has 0 aliphatic carbocycles. The maximum absolute atomic E-state index is 2.23. The Labute approximate surface area is 170 Å². The Kier molecular flexibility index (Phi) is 8.98. The first-order chi connectivity index (χ1) is 12.4. The van der Waals surface area contributed by atoms with Gasteiger partial charge in [0.1, 0.15) is 0 Å². The van der Waals surface area contributed by atoms with E-state index in [2.05, 4.69) is 91.0 Å². The van der Waals surface area contributed by atoms with Crippen LogP contribution in [0.25, 0.3) is 0 Å². The molecule has 4 rings (SSSR count). The molecule has 0 spiro atoms. The molecule has 0 amide bonds. The second kappa shape index (κ2) is 11.5. The molecule has 0 atom stereocenters. The van der Waals surface area contributed by atoms with Gasteiger partial charge in [0.25, 0.3) is 0 Å². The van der Waals surface area contributed by atoms with Crippen LogP contribution in [0.3, 0.4) is 0 Å². The fourth-order valence-corrected chi connectivity index (χ4v) is 4.87. The average molecular weight is 443 g/mol. The van der Waals surface area contributed by atoms with Gasteiger partial charge in [-0.05, 0) is 23.8 Å². The minimum atomic E-state index is -0.446. The van der Waals surface area contributed by atoms with Gasteiger partial charge in [-0.3, -0.25) is 0 Å². The molecule has 0 aliphatic heterocycles. The fraction of sp³-hybridized carbons (Fsp3) is 0. The van der Waals surface area contributed by atoms with E-state index in [0.717, 1.165) is 0 Å². The molecule has 2 heteroatoms. The van der Waals surface area contributed by atoms with Crippen LogP contribution in [-0.2, 0) is 19.5 Å². The van der Waals surface area contributed by atoms with E-state index in [1.54, 1.807) is 0 Å². The van der Waals surface area contributed by atoms with Gasteiger partial charge in [-0.15, -0.1) is 0 Å². The first-order valence-electron chi connectivity index (χ1n) is 8.40. The Morgan fingerprint density at radius 1 is 0.308 bits per heavy atom. The van der Waals surface area contributed by atoms with E-state index in [-0.39, 0.29) is 19.5 Å². The second-order valence-corrected chi connectivity index (χ2v) is 7.72. The third-order valence-electron chi connectivity index (χ3n) is 3.71. The Morgan fingerprint density at radius 2 is 0.500 bits per heavy atom. The van der Waals surface area contributed by atoms with Gasteiger partial charge in [0.05, 0.1) is 0 Å². The summed E-state index contributed by atoms with van der Waals surface area (Å²) >= 11 is 0. The van der Waals surface area contributed by atoms with E-state index in [9.17, 15) is 0 Å². The van der Waals surface area contributed by atoms with Crippen LogP contribution in [-0.4, -0.2) is 0 Å². The van der Waals surface area contributed by atoms with Crippen molar-refractivity contribution in [3.8, 4) is 0 Å². The van der Waals surface area contributed by atoms with E-state index in [0.29, 0.717) is 0 Å². The molecule has 26 heavy (non-hydrogen) atoms. The Balaban J connectivity index is 0.000000297. The number of hydrogen-bond acceptors (Lipinski definition) is 0. The summed E-state index contributed by atoms with van der Waals surface area (Å²) in [6.07, 6.45) is 0. The predicted octanol–water partition coefficient (Wildman–Crippen LogP) is 5.13. The Bertz CT molecular complexity index is 713. The van der Waals surface area contributed by atoms with E-state index >= 15 is 0 Å². The normalized spacial score (nSPS) is 9.58. The molecule has 0 N–H and O–H groups in total. The summed E-state index contributed by atoms with van der Waals surface area (Å²) in [6.45, 7) is 0. The van der Waals surface area contributed by atoms with Crippen molar-refractivity contribution in [1.82, 2.24) is 0 Å². The van der Waals surface area contributed by atoms with Crippen LogP contribution in [0.15, 0.2) is 127 Å². The van der Waals surface area contributed by atoms with Crippen LogP contribution < -0.4 is 15.9 Å². The van der Waals surface area contributed by atoms with Crippen molar-refractivity contribution in [3.05, 3.63) is 127 Å². The van der Waals surface area contributed by atoms with E-state index < -0.39 is 7.92 Å². The van der Waals surface area contributed by atoms with Gasteiger partial charge in [0.15, 0.2) is 0 Å². The zero-order chi connectivity index (χ0) is 17.2.